The maximum atomic E-state index is 12.3. The van der Waals surface area contributed by atoms with Crippen molar-refractivity contribution in [2.75, 3.05) is 54.4 Å². The quantitative estimate of drug-likeness (QED) is 0.654. The second-order valence-corrected chi connectivity index (χ2v) is 7.81. The van der Waals surface area contributed by atoms with E-state index >= 15 is 0 Å². The third-order valence-electron chi connectivity index (χ3n) is 5.55. The van der Waals surface area contributed by atoms with E-state index in [1.165, 1.54) is 13.8 Å². The molecule has 0 atom stereocenters. The molecule has 148 valence electrons. The van der Waals surface area contributed by atoms with Gasteiger partial charge in [-0.1, -0.05) is 0 Å². The molecule has 0 spiro atoms. The molecule has 0 saturated carbocycles. The predicted molar refractivity (Wildman–Crippen MR) is 97.2 cm³/mol. The van der Waals surface area contributed by atoms with Gasteiger partial charge in [-0.2, -0.15) is 9.18 Å². The molecule has 8 heteroatoms. The molecule has 1 aliphatic rings. The van der Waals surface area contributed by atoms with Crippen LogP contribution in [-0.4, -0.2) is 97.0 Å². The first-order valence-electron chi connectivity index (χ1n) is 9.13. The largest absolute Gasteiger partial charge is 0.329 e. The lowest BCUT2D eigenvalue weighted by Crippen LogP contribution is -2.59. The molecule has 2 amide bonds. The van der Waals surface area contributed by atoms with E-state index in [0.29, 0.717) is 51.9 Å². The second-order valence-electron chi connectivity index (χ2n) is 7.81. The fourth-order valence-electron chi connectivity index (χ4n) is 2.89. The van der Waals surface area contributed by atoms with Crippen molar-refractivity contribution < 1.29 is 28.4 Å². The summed E-state index contributed by atoms with van der Waals surface area (Å²) in [5.41, 5.74) is 0. The lowest BCUT2D eigenvalue weighted by atomic mass is 10.1. The number of carbonyl (C=O) groups excluding carboxylic acids is 4. The molecular weight excluding hydrogens is 336 g/mol. The molecule has 1 heterocycles. The van der Waals surface area contributed by atoms with Gasteiger partial charge in [0.2, 0.25) is 0 Å². The molecule has 0 bridgehead atoms. The second kappa shape index (κ2) is 8.94. The van der Waals surface area contributed by atoms with Crippen molar-refractivity contribution in [3.05, 3.63) is 0 Å². The minimum absolute atomic E-state index is 0.0287. The molecule has 0 aromatic rings. The van der Waals surface area contributed by atoms with Crippen LogP contribution in [0.25, 0.3) is 0 Å². The summed E-state index contributed by atoms with van der Waals surface area (Å²) < 4.78 is 0.0574. The number of Topliss-reactive ketones (excluding diaryl/α,β-unsaturated/α-hetero) is 2. The van der Waals surface area contributed by atoms with Crippen LogP contribution in [0.4, 0.5) is 0 Å². The summed E-state index contributed by atoms with van der Waals surface area (Å²) in [6.07, 6.45) is 1.30. The Morgan fingerprint density at radius 2 is 0.885 bits per heavy atom. The molecule has 1 saturated heterocycles. The zero-order valence-electron chi connectivity index (χ0n) is 17.1. The van der Waals surface area contributed by atoms with Crippen LogP contribution in [0, 0.1) is 0 Å². The number of hydrogen-bond acceptors (Lipinski definition) is 6. The smallest absolute Gasteiger partial charge is 0.300 e. The number of hydrogen-bond donors (Lipinski definition) is 0. The molecular formula is C18H34N4O4+2. The van der Waals surface area contributed by atoms with Crippen molar-refractivity contribution in [3.63, 3.8) is 0 Å². The molecule has 8 nitrogen and oxygen atoms in total. The Morgan fingerprint density at radius 3 is 1.08 bits per heavy atom. The van der Waals surface area contributed by atoms with E-state index in [1.807, 2.05) is 10.0 Å². The topological polar surface area (TPSA) is 74.8 Å². The summed E-state index contributed by atoms with van der Waals surface area (Å²) >= 11 is 0. The van der Waals surface area contributed by atoms with Crippen molar-refractivity contribution in [3.8, 4) is 0 Å². The van der Waals surface area contributed by atoms with E-state index in [1.54, 1.807) is 28.2 Å². The van der Waals surface area contributed by atoms with Gasteiger partial charge in [0.05, 0.1) is 68.2 Å². The monoisotopic (exact) mass is 370 g/mol. The van der Waals surface area contributed by atoms with Crippen LogP contribution in [-0.2, 0) is 19.2 Å². The lowest BCUT2D eigenvalue weighted by Gasteiger charge is -2.38. The zero-order valence-corrected chi connectivity index (χ0v) is 17.1. The number of quaternary nitrogens is 2. The van der Waals surface area contributed by atoms with Crippen LogP contribution in [0.2, 0.25) is 0 Å². The number of carbonyl (C=O) groups is 4. The number of amides is 2. The standard InChI is InChI=1S/C18H34N4O4/c1-15(23)21(3,4)19-11-7-17(25)9-13-20(22(5,6)16(2)24)14-10-18(26)8-12-19/h7-14H2,1-6H3/q+2. The highest BCUT2D eigenvalue weighted by Crippen LogP contribution is 2.14. The third kappa shape index (κ3) is 5.77. The maximum absolute atomic E-state index is 12.3. The molecule has 0 unspecified atom stereocenters. The minimum Gasteiger partial charge on any atom is -0.300 e. The first kappa shape index (κ1) is 22.6. The third-order valence-corrected chi connectivity index (χ3v) is 5.55. The van der Waals surface area contributed by atoms with Gasteiger partial charge in [0.15, 0.2) is 0 Å². The molecule has 1 aliphatic heterocycles. The first-order chi connectivity index (χ1) is 11.9. The number of nitrogens with zero attached hydrogens (tertiary/aromatic N) is 4. The van der Waals surface area contributed by atoms with Gasteiger partial charge in [-0.3, -0.25) is 9.59 Å². The average Bonchev–Trinajstić information content (AvgIpc) is 2.52. The Balaban J connectivity index is 2.93. The molecule has 0 radical (unpaired) electrons. The fourth-order valence-corrected chi connectivity index (χ4v) is 2.89. The van der Waals surface area contributed by atoms with E-state index < -0.39 is 0 Å². The molecule has 0 aromatic heterocycles. The van der Waals surface area contributed by atoms with Crippen LogP contribution in [0.1, 0.15) is 39.5 Å². The average molecular weight is 370 g/mol. The summed E-state index contributed by atoms with van der Waals surface area (Å²) in [4.78, 5) is 48.6. The molecule has 1 fully saturated rings. The lowest BCUT2D eigenvalue weighted by molar-refractivity contribution is -0.935. The van der Waals surface area contributed by atoms with Crippen molar-refractivity contribution in [2.45, 2.75) is 39.5 Å². The molecule has 26 heavy (non-hydrogen) atoms. The first-order valence-corrected chi connectivity index (χ1v) is 9.13. The SMILES string of the molecule is CC(=O)[N+](C)(C)N1CCC(=O)CCN([N+](C)(C)C(C)=O)CCC(=O)CC1. The Labute approximate surface area is 156 Å². The normalized spacial score (nSPS) is 20.4. The Kier molecular flexibility index (Phi) is 7.76. The highest BCUT2D eigenvalue weighted by molar-refractivity contribution is 5.79. The van der Waals surface area contributed by atoms with Crippen LogP contribution < -0.4 is 0 Å². The van der Waals surface area contributed by atoms with Crippen molar-refractivity contribution >= 4 is 23.4 Å². The van der Waals surface area contributed by atoms with Crippen molar-refractivity contribution in [1.82, 2.24) is 10.0 Å². The van der Waals surface area contributed by atoms with Crippen LogP contribution in [0.3, 0.4) is 0 Å². The van der Waals surface area contributed by atoms with Crippen LogP contribution in [0.5, 0.6) is 0 Å². The number of rotatable bonds is 2. The maximum Gasteiger partial charge on any atom is 0.329 e. The molecule has 0 aliphatic carbocycles. The summed E-state index contributed by atoms with van der Waals surface area (Å²) in [5.74, 6) is 0.116. The van der Waals surface area contributed by atoms with Crippen LogP contribution in [0.15, 0.2) is 0 Å². The highest BCUT2D eigenvalue weighted by atomic mass is 16.2. The van der Waals surface area contributed by atoms with Crippen LogP contribution >= 0.6 is 0 Å². The van der Waals surface area contributed by atoms with Gasteiger partial charge in [-0.05, 0) is 0 Å². The van der Waals surface area contributed by atoms with Crippen molar-refractivity contribution in [1.29, 1.82) is 0 Å². The Bertz CT molecular complexity index is 502. The molecule has 0 aromatic carbocycles. The summed E-state index contributed by atoms with van der Waals surface area (Å²) in [6.45, 7) is 4.76. The van der Waals surface area contributed by atoms with Gasteiger partial charge in [0, 0.05) is 25.7 Å². The van der Waals surface area contributed by atoms with Gasteiger partial charge in [-0.15, -0.1) is 10.0 Å². The van der Waals surface area contributed by atoms with E-state index in [9.17, 15) is 19.2 Å². The summed E-state index contributed by atoms with van der Waals surface area (Å²) in [5, 5.41) is 3.76. The Hall–Kier alpha value is -1.48. The Morgan fingerprint density at radius 1 is 0.654 bits per heavy atom. The highest BCUT2D eigenvalue weighted by Gasteiger charge is 2.34. The predicted octanol–water partition coefficient (Wildman–Crippen LogP) is 0.378. The fraction of sp³-hybridized carbons (Fsp3) is 0.778. The van der Waals surface area contributed by atoms with E-state index in [2.05, 4.69) is 0 Å². The summed E-state index contributed by atoms with van der Waals surface area (Å²) in [7, 11) is 7.10. The molecule has 1 rings (SSSR count). The van der Waals surface area contributed by atoms with Gasteiger partial charge < -0.3 is 0 Å². The van der Waals surface area contributed by atoms with Gasteiger partial charge in [-0.25, -0.2) is 9.59 Å². The molecule has 0 N–H and O–H groups in total. The minimum atomic E-state index is -0.0383. The summed E-state index contributed by atoms with van der Waals surface area (Å²) in [6, 6.07) is 0. The van der Waals surface area contributed by atoms with E-state index in [0.717, 1.165) is 0 Å². The number of ketones is 2. The zero-order chi connectivity index (χ0) is 20.1. The van der Waals surface area contributed by atoms with Gasteiger partial charge >= 0.3 is 11.8 Å². The van der Waals surface area contributed by atoms with Crippen molar-refractivity contribution in [2.24, 2.45) is 0 Å². The van der Waals surface area contributed by atoms with Gasteiger partial charge in [0.1, 0.15) is 11.6 Å². The van der Waals surface area contributed by atoms with Gasteiger partial charge in [0.25, 0.3) is 0 Å². The van der Waals surface area contributed by atoms with E-state index in [4.69, 9.17) is 0 Å². The van der Waals surface area contributed by atoms with E-state index in [-0.39, 0.29) is 32.6 Å².